The van der Waals surface area contributed by atoms with E-state index in [4.69, 9.17) is 17.2 Å². The van der Waals surface area contributed by atoms with Crippen molar-refractivity contribution >= 4 is 16.9 Å². The van der Waals surface area contributed by atoms with Gasteiger partial charge in [-0.2, -0.15) is 0 Å². The minimum absolute atomic E-state index is 0.00559. The van der Waals surface area contributed by atoms with E-state index in [1.807, 2.05) is 13.0 Å². The van der Waals surface area contributed by atoms with Crippen molar-refractivity contribution in [2.45, 2.75) is 20.3 Å². The molecule has 3 aromatic rings. The number of benzene rings is 1. The van der Waals surface area contributed by atoms with Crippen molar-refractivity contribution in [1.82, 2.24) is 14.4 Å². The lowest BCUT2D eigenvalue weighted by Crippen LogP contribution is -2.03. The van der Waals surface area contributed by atoms with Crippen LogP contribution < -0.4 is 17.2 Å². The van der Waals surface area contributed by atoms with Crippen LogP contribution in [0.4, 0.5) is 10.1 Å². The Balaban J connectivity index is 2.35. The third kappa shape index (κ3) is 4.28. The summed E-state index contributed by atoms with van der Waals surface area (Å²) < 4.78 is 16.2. The third-order valence-electron chi connectivity index (χ3n) is 4.64. The molecule has 3 rings (SSSR count). The minimum atomic E-state index is -0.603. The summed E-state index contributed by atoms with van der Waals surface area (Å²) in [6, 6.07) is 4.66. The molecule has 160 valence electrons. The first-order chi connectivity index (χ1) is 14.8. The molecule has 0 spiro atoms. The summed E-state index contributed by atoms with van der Waals surface area (Å²) in [6.45, 7) is 7.30. The normalized spacial score (nSPS) is 13.1. The maximum absolute atomic E-state index is 14.7. The van der Waals surface area contributed by atoms with E-state index in [0.29, 0.717) is 34.7 Å². The van der Waals surface area contributed by atoms with E-state index in [9.17, 15) is 9.50 Å². The summed E-state index contributed by atoms with van der Waals surface area (Å²) in [7, 11) is 0. The van der Waals surface area contributed by atoms with Gasteiger partial charge in [-0.25, -0.2) is 14.4 Å². The number of allylic oxidation sites excluding steroid dienone is 6. The molecule has 0 atom stereocenters. The molecule has 2 aromatic heterocycles. The molecule has 0 bridgehead atoms. The van der Waals surface area contributed by atoms with Crippen molar-refractivity contribution in [3.63, 3.8) is 0 Å². The lowest BCUT2D eigenvalue weighted by molar-refractivity contribution is 0.442. The summed E-state index contributed by atoms with van der Waals surface area (Å²) >= 11 is 0. The predicted octanol–water partition coefficient (Wildman–Crippen LogP) is 3.66. The fourth-order valence-corrected chi connectivity index (χ4v) is 3.24. The zero-order valence-corrected chi connectivity index (χ0v) is 17.4. The number of nitrogens with zero attached hydrogens (tertiary/aromatic N) is 3. The van der Waals surface area contributed by atoms with Gasteiger partial charge < -0.3 is 22.3 Å². The van der Waals surface area contributed by atoms with E-state index < -0.39 is 5.82 Å². The number of fused-ring (bicyclic) bond motifs is 1. The highest BCUT2D eigenvalue weighted by molar-refractivity contribution is 5.82. The zero-order valence-electron chi connectivity index (χ0n) is 17.4. The highest BCUT2D eigenvalue weighted by Gasteiger charge is 2.20. The molecule has 0 radical (unpaired) electrons. The van der Waals surface area contributed by atoms with Gasteiger partial charge in [-0.05, 0) is 32.1 Å². The standard InChI is InChI=1S/C23H25FN6O/c1-4-6-13(2)9-18-23(31)30-12-19(16-7-5-8-17(27)20(16)24)28-21(22(30)29-18)15(11-25)10-14(3)26/h4-8,10-12,31H,1,9,25-27H2,2-3H3/b13-6+,14-10-,15-11+. The van der Waals surface area contributed by atoms with Crippen molar-refractivity contribution in [3.8, 4) is 17.1 Å². The molecular formula is C23H25FN6O. The second-order valence-electron chi connectivity index (χ2n) is 7.20. The van der Waals surface area contributed by atoms with E-state index in [2.05, 4.69) is 16.5 Å². The molecule has 0 saturated heterocycles. The van der Waals surface area contributed by atoms with Crippen LogP contribution >= 0.6 is 0 Å². The molecule has 31 heavy (non-hydrogen) atoms. The van der Waals surface area contributed by atoms with Crippen LogP contribution in [0.5, 0.6) is 5.88 Å². The summed E-state index contributed by atoms with van der Waals surface area (Å²) in [4.78, 5) is 9.17. The monoisotopic (exact) mass is 420 g/mol. The topological polar surface area (TPSA) is 128 Å². The Morgan fingerprint density at radius 3 is 2.68 bits per heavy atom. The number of nitrogens with two attached hydrogens (primary N) is 3. The van der Waals surface area contributed by atoms with Gasteiger partial charge >= 0.3 is 0 Å². The molecule has 7 nitrogen and oxygen atoms in total. The Bertz CT molecular complexity index is 1250. The third-order valence-corrected chi connectivity index (χ3v) is 4.64. The number of hydrogen-bond acceptors (Lipinski definition) is 6. The summed E-state index contributed by atoms with van der Waals surface area (Å²) in [6.07, 6.45) is 8.39. The lowest BCUT2D eigenvalue weighted by atomic mass is 10.1. The van der Waals surface area contributed by atoms with E-state index >= 15 is 0 Å². The highest BCUT2D eigenvalue weighted by Crippen LogP contribution is 2.32. The molecule has 1 aromatic carbocycles. The first-order valence-corrected chi connectivity index (χ1v) is 9.56. The maximum Gasteiger partial charge on any atom is 0.219 e. The van der Waals surface area contributed by atoms with Gasteiger partial charge in [-0.1, -0.05) is 30.4 Å². The number of rotatable bonds is 6. The van der Waals surface area contributed by atoms with Crippen LogP contribution in [0.1, 0.15) is 25.2 Å². The SMILES string of the molecule is C=C/C=C(\C)Cc1nc2c(C(/C=C(/C)N)=C/N)nc(-c3cccc(N)c3F)cn2c1O. The van der Waals surface area contributed by atoms with Gasteiger partial charge in [0.15, 0.2) is 11.5 Å². The lowest BCUT2D eigenvalue weighted by Gasteiger charge is -2.10. The highest BCUT2D eigenvalue weighted by atomic mass is 19.1. The van der Waals surface area contributed by atoms with E-state index in [1.54, 1.807) is 31.2 Å². The number of nitrogen functional groups attached to an aromatic ring is 1. The van der Waals surface area contributed by atoms with Crippen molar-refractivity contribution < 1.29 is 9.50 Å². The smallest absolute Gasteiger partial charge is 0.219 e. The van der Waals surface area contributed by atoms with Crippen molar-refractivity contribution in [2.75, 3.05) is 5.73 Å². The van der Waals surface area contributed by atoms with Gasteiger partial charge in [-0.15, -0.1) is 0 Å². The zero-order chi connectivity index (χ0) is 22.7. The van der Waals surface area contributed by atoms with Crippen LogP contribution in [0.3, 0.4) is 0 Å². The van der Waals surface area contributed by atoms with Gasteiger partial charge in [0.2, 0.25) is 5.88 Å². The minimum Gasteiger partial charge on any atom is -0.493 e. The van der Waals surface area contributed by atoms with Gasteiger partial charge in [0, 0.05) is 35.7 Å². The van der Waals surface area contributed by atoms with E-state index in [-0.39, 0.29) is 22.8 Å². The van der Waals surface area contributed by atoms with Crippen molar-refractivity contribution in [2.24, 2.45) is 11.5 Å². The van der Waals surface area contributed by atoms with Crippen LogP contribution in [-0.4, -0.2) is 19.5 Å². The van der Waals surface area contributed by atoms with Crippen LogP contribution in [0, 0.1) is 5.82 Å². The number of aromatic nitrogens is 3. The molecule has 0 fully saturated rings. The molecule has 7 N–H and O–H groups in total. The quantitative estimate of drug-likeness (QED) is 0.356. The van der Waals surface area contributed by atoms with E-state index in [1.165, 1.54) is 22.9 Å². The molecule has 0 aliphatic carbocycles. The first-order valence-electron chi connectivity index (χ1n) is 9.56. The fourth-order valence-electron chi connectivity index (χ4n) is 3.24. The molecule has 0 unspecified atom stereocenters. The molecular weight excluding hydrogens is 395 g/mol. The first kappa shape index (κ1) is 21.6. The van der Waals surface area contributed by atoms with E-state index in [0.717, 1.165) is 5.57 Å². The van der Waals surface area contributed by atoms with Crippen molar-refractivity contribution in [3.05, 3.63) is 83.9 Å². The summed E-state index contributed by atoms with van der Waals surface area (Å²) in [5.41, 5.74) is 20.9. The molecule has 2 heterocycles. The number of aromatic hydroxyl groups is 1. The van der Waals surface area contributed by atoms with Gasteiger partial charge in [0.1, 0.15) is 11.4 Å². The predicted molar refractivity (Wildman–Crippen MR) is 122 cm³/mol. The Labute approximate surface area is 179 Å². The number of hydrogen-bond donors (Lipinski definition) is 4. The Kier molecular flexibility index (Phi) is 6.10. The molecule has 0 aliphatic heterocycles. The van der Waals surface area contributed by atoms with Crippen LogP contribution in [0.15, 0.2) is 66.7 Å². The fraction of sp³-hybridized carbons (Fsp3) is 0.130. The second kappa shape index (κ2) is 8.74. The Morgan fingerprint density at radius 2 is 2.03 bits per heavy atom. The average Bonchev–Trinajstić information content (AvgIpc) is 3.03. The number of halogens is 1. The van der Waals surface area contributed by atoms with Crippen LogP contribution in [0.2, 0.25) is 0 Å². The number of anilines is 1. The van der Waals surface area contributed by atoms with Gasteiger partial charge in [0.05, 0.1) is 11.4 Å². The largest absolute Gasteiger partial charge is 0.493 e. The number of imidazole rings is 1. The van der Waals surface area contributed by atoms with Gasteiger partial charge in [-0.3, -0.25) is 4.40 Å². The molecule has 0 aliphatic rings. The molecule has 0 amide bonds. The van der Waals surface area contributed by atoms with Crippen LogP contribution in [-0.2, 0) is 6.42 Å². The average molecular weight is 420 g/mol. The Morgan fingerprint density at radius 1 is 1.29 bits per heavy atom. The maximum atomic E-state index is 14.7. The molecule has 8 heteroatoms. The second-order valence-corrected chi connectivity index (χ2v) is 7.20. The van der Waals surface area contributed by atoms with Gasteiger partial charge in [0.25, 0.3) is 0 Å². The molecule has 0 saturated carbocycles. The Hall–Kier alpha value is -4.07. The van der Waals surface area contributed by atoms with Crippen molar-refractivity contribution in [1.29, 1.82) is 0 Å². The van der Waals surface area contributed by atoms with Crippen LogP contribution in [0.25, 0.3) is 22.5 Å². The summed E-state index contributed by atoms with van der Waals surface area (Å²) in [5, 5.41) is 10.9. The summed E-state index contributed by atoms with van der Waals surface area (Å²) in [5.74, 6) is -0.681.